The Bertz CT molecular complexity index is 1180. The lowest BCUT2D eigenvalue weighted by atomic mass is 10.2. The highest BCUT2D eigenvalue weighted by molar-refractivity contribution is 6.31. The highest BCUT2D eigenvalue weighted by Gasteiger charge is 2.22. The number of benzene rings is 2. The molecule has 0 aliphatic heterocycles. The van der Waals surface area contributed by atoms with Gasteiger partial charge < -0.3 is 10.1 Å². The van der Waals surface area contributed by atoms with E-state index in [1.807, 2.05) is 6.92 Å². The third-order valence-corrected chi connectivity index (χ3v) is 5.19. The Morgan fingerprint density at radius 3 is 2.62 bits per heavy atom. The van der Waals surface area contributed by atoms with E-state index < -0.39 is 17.3 Å². The van der Waals surface area contributed by atoms with E-state index in [1.165, 1.54) is 11.7 Å². The predicted octanol–water partition coefficient (Wildman–Crippen LogP) is 2.44. The van der Waals surface area contributed by atoms with Crippen LogP contribution in [0.15, 0.2) is 52.1 Å². The normalized spacial score (nSPS) is 12.1. The van der Waals surface area contributed by atoms with Gasteiger partial charge in [-0.15, -0.1) is 0 Å². The van der Waals surface area contributed by atoms with E-state index in [0.29, 0.717) is 34.8 Å². The van der Waals surface area contributed by atoms with Crippen LogP contribution in [-0.4, -0.2) is 35.3 Å². The van der Waals surface area contributed by atoms with E-state index in [9.17, 15) is 14.4 Å². The number of para-hydroxylation sites is 1. The van der Waals surface area contributed by atoms with E-state index in [0.717, 1.165) is 10.1 Å². The number of amides is 1. The molecule has 1 N–H and O–H groups in total. The van der Waals surface area contributed by atoms with Crippen molar-refractivity contribution in [3.8, 4) is 5.69 Å². The summed E-state index contributed by atoms with van der Waals surface area (Å²) in [4.78, 5) is 39.1. The standard InChI is InChI=1S/C21H22ClN3O4/c1-13-8-9-15(12-17(13)22)25-20(27)16-6-4-5-7-18(16)24(21(25)28)14(2)19(26)23-10-11-29-3/h4-9,12,14H,10-11H2,1-3H3,(H,23,26)/t14-/m0/s1. The maximum atomic E-state index is 13.4. The van der Waals surface area contributed by atoms with Gasteiger partial charge >= 0.3 is 5.69 Å². The van der Waals surface area contributed by atoms with Gasteiger partial charge in [0.2, 0.25) is 5.91 Å². The molecule has 1 amide bonds. The highest BCUT2D eigenvalue weighted by Crippen LogP contribution is 2.19. The summed E-state index contributed by atoms with van der Waals surface area (Å²) in [6, 6.07) is 10.9. The molecule has 0 saturated heterocycles. The SMILES string of the molecule is COCCNC(=O)[C@H](C)n1c(=O)n(-c2ccc(C)c(Cl)c2)c(=O)c2ccccc21. The van der Waals surface area contributed by atoms with E-state index in [-0.39, 0.29) is 5.91 Å². The van der Waals surface area contributed by atoms with Crippen LogP contribution in [0.5, 0.6) is 0 Å². The maximum absolute atomic E-state index is 13.4. The molecule has 0 unspecified atom stereocenters. The van der Waals surface area contributed by atoms with Crippen LogP contribution < -0.4 is 16.6 Å². The zero-order valence-electron chi connectivity index (χ0n) is 16.4. The number of carbonyl (C=O) groups is 1. The van der Waals surface area contributed by atoms with E-state index >= 15 is 0 Å². The summed E-state index contributed by atoms with van der Waals surface area (Å²) in [5, 5.41) is 3.51. The van der Waals surface area contributed by atoms with Gasteiger partial charge in [-0.2, -0.15) is 0 Å². The van der Waals surface area contributed by atoms with Crippen molar-refractivity contribution >= 4 is 28.4 Å². The third kappa shape index (κ3) is 3.97. The zero-order valence-corrected chi connectivity index (χ0v) is 17.2. The third-order valence-electron chi connectivity index (χ3n) is 4.78. The number of ether oxygens (including phenoxy) is 1. The second-order valence-electron chi connectivity index (χ2n) is 6.70. The topological polar surface area (TPSA) is 82.3 Å². The summed E-state index contributed by atoms with van der Waals surface area (Å²) < 4.78 is 7.32. The van der Waals surface area contributed by atoms with Crippen LogP contribution in [0.1, 0.15) is 18.5 Å². The Morgan fingerprint density at radius 1 is 1.21 bits per heavy atom. The van der Waals surface area contributed by atoms with Crippen LogP contribution in [0.4, 0.5) is 0 Å². The van der Waals surface area contributed by atoms with Gasteiger partial charge in [-0.1, -0.05) is 29.8 Å². The molecule has 3 rings (SSSR count). The summed E-state index contributed by atoms with van der Waals surface area (Å²) in [6.07, 6.45) is 0. The first-order valence-corrected chi connectivity index (χ1v) is 9.54. The molecule has 0 fully saturated rings. The Balaban J connectivity index is 2.24. The molecule has 7 nitrogen and oxygen atoms in total. The van der Waals surface area contributed by atoms with Gasteiger partial charge in [0.25, 0.3) is 5.56 Å². The number of nitrogens with zero attached hydrogens (tertiary/aromatic N) is 2. The number of rotatable bonds is 6. The fraction of sp³-hybridized carbons (Fsp3) is 0.286. The summed E-state index contributed by atoms with van der Waals surface area (Å²) in [5.41, 5.74) is 0.501. The first kappa shape index (κ1) is 20.8. The lowest BCUT2D eigenvalue weighted by Gasteiger charge is -2.19. The number of hydrogen-bond donors (Lipinski definition) is 1. The number of aryl methyl sites for hydroxylation is 1. The minimum absolute atomic E-state index is 0.319. The average Bonchev–Trinajstić information content (AvgIpc) is 2.70. The summed E-state index contributed by atoms with van der Waals surface area (Å²) in [7, 11) is 1.54. The molecule has 1 atom stereocenters. The van der Waals surface area contributed by atoms with Crippen molar-refractivity contribution in [1.29, 1.82) is 0 Å². The Labute approximate surface area is 172 Å². The average molecular weight is 416 g/mol. The highest BCUT2D eigenvalue weighted by atomic mass is 35.5. The molecule has 0 aliphatic rings. The van der Waals surface area contributed by atoms with Crippen molar-refractivity contribution < 1.29 is 9.53 Å². The van der Waals surface area contributed by atoms with Gasteiger partial charge in [0, 0.05) is 18.7 Å². The van der Waals surface area contributed by atoms with Crippen LogP contribution in [0.3, 0.4) is 0 Å². The molecule has 0 bridgehead atoms. The Morgan fingerprint density at radius 2 is 1.93 bits per heavy atom. The first-order chi connectivity index (χ1) is 13.9. The van der Waals surface area contributed by atoms with Crippen molar-refractivity contribution in [2.75, 3.05) is 20.3 Å². The molecular weight excluding hydrogens is 394 g/mol. The van der Waals surface area contributed by atoms with Gasteiger partial charge in [-0.25, -0.2) is 9.36 Å². The lowest BCUT2D eigenvalue weighted by molar-refractivity contribution is -0.124. The molecule has 0 spiro atoms. The van der Waals surface area contributed by atoms with Crippen LogP contribution in [0, 0.1) is 6.92 Å². The van der Waals surface area contributed by atoms with Crippen LogP contribution in [-0.2, 0) is 9.53 Å². The fourth-order valence-corrected chi connectivity index (χ4v) is 3.32. The molecule has 3 aromatic rings. The van der Waals surface area contributed by atoms with Crippen LogP contribution in [0.25, 0.3) is 16.6 Å². The minimum Gasteiger partial charge on any atom is -0.383 e. The maximum Gasteiger partial charge on any atom is 0.336 e. The van der Waals surface area contributed by atoms with Crippen LogP contribution in [0.2, 0.25) is 5.02 Å². The number of carbonyl (C=O) groups excluding carboxylic acids is 1. The predicted molar refractivity (Wildman–Crippen MR) is 113 cm³/mol. The molecule has 152 valence electrons. The Hall–Kier alpha value is -2.90. The molecular formula is C21H22ClN3O4. The summed E-state index contributed by atoms with van der Waals surface area (Å²) in [6.45, 7) is 4.13. The number of halogens is 1. The number of aromatic nitrogens is 2. The molecule has 29 heavy (non-hydrogen) atoms. The summed E-state index contributed by atoms with van der Waals surface area (Å²) >= 11 is 6.21. The van der Waals surface area contributed by atoms with Crippen molar-refractivity contribution in [2.45, 2.75) is 19.9 Å². The van der Waals surface area contributed by atoms with Gasteiger partial charge in [0.1, 0.15) is 6.04 Å². The van der Waals surface area contributed by atoms with E-state index in [1.54, 1.807) is 49.4 Å². The molecule has 0 aliphatic carbocycles. The van der Waals surface area contributed by atoms with Gasteiger partial charge in [0.05, 0.1) is 23.2 Å². The van der Waals surface area contributed by atoms with Crippen LogP contribution >= 0.6 is 11.6 Å². The second-order valence-corrected chi connectivity index (χ2v) is 7.11. The van der Waals surface area contributed by atoms with Gasteiger partial charge in [-0.05, 0) is 43.7 Å². The molecule has 0 saturated carbocycles. The van der Waals surface area contributed by atoms with E-state index in [4.69, 9.17) is 16.3 Å². The van der Waals surface area contributed by atoms with Gasteiger partial charge in [-0.3, -0.25) is 14.2 Å². The molecule has 8 heteroatoms. The fourth-order valence-electron chi connectivity index (χ4n) is 3.15. The Kier molecular flexibility index (Phi) is 6.20. The van der Waals surface area contributed by atoms with Crippen molar-refractivity contribution in [2.24, 2.45) is 0 Å². The van der Waals surface area contributed by atoms with E-state index in [2.05, 4.69) is 5.32 Å². The minimum atomic E-state index is -0.836. The smallest absolute Gasteiger partial charge is 0.336 e. The molecule has 0 radical (unpaired) electrons. The number of nitrogens with one attached hydrogen (secondary N) is 1. The number of hydrogen-bond acceptors (Lipinski definition) is 4. The lowest BCUT2D eigenvalue weighted by Crippen LogP contribution is -2.44. The largest absolute Gasteiger partial charge is 0.383 e. The second kappa shape index (κ2) is 8.63. The first-order valence-electron chi connectivity index (χ1n) is 9.16. The van der Waals surface area contributed by atoms with Crippen molar-refractivity contribution in [1.82, 2.24) is 14.5 Å². The summed E-state index contributed by atoms with van der Waals surface area (Å²) in [5.74, 6) is -0.346. The number of fused-ring (bicyclic) bond motifs is 1. The molecule has 2 aromatic carbocycles. The molecule has 1 aromatic heterocycles. The van der Waals surface area contributed by atoms with Crippen molar-refractivity contribution in [3.63, 3.8) is 0 Å². The number of methoxy groups -OCH3 is 1. The van der Waals surface area contributed by atoms with Crippen molar-refractivity contribution in [3.05, 3.63) is 73.9 Å². The zero-order chi connectivity index (χ0) is 21.1. The monoisotopic (exact) mass is 415 g/mol. The van der Waals surface area contributed by atoms with Gasteiger partial charge in [0.15, 0.2) is 0 Å². The molecule has 1 heterocycles. The quantitative estimate of drug-likeness (QED) is 0.627.